The van der Waals surface area contributed by atoms with Gasteiger partial charge in [-0.05, 0) is 13.3 Å². The van der Waals surface area contributed by atoms with Crippen molar-refractivity contribution in [1.29, 1.82) is 0 Å². The zero-order valence-corrected chi connectivity index (χ0v) is 7.50. The summed E-state index contributed by atoms with van der Waals surface area (Å²) >= 11 is 0. The monoisotopic (exact) mass is 159 g/mol. The molecule has 0 spiro atoms. The second-order valence-corrected chi connectivity index (χ2v) is 2.79. The number of hydrogen-bond donors (Lipinski definition) is 1. The van der Waals surface area contributed by atoms with Crippen molar-refractivity contribution in [2.75, 3.05) is 13.6 Å². The molecule has 0 radical (unpaired) electrons. The summed E-state index contributed by atoms with van der Waals surface area (Å²) in [4.78, 5) is 12.6. The Kier molecular flexibility index (Phi) is 4.86. The molecule has 0 fully saturated rings. The second-order valence-electron chi connectivity index (χ2n) is 2.79. The number of carbonyl (C=O) groups excluding carboxylic acids is 1. The average Bonchev–Trinajstić information content (AvgIpc) is 1.98. The lowest BCUT2D eigenvalue weighted by molar-refractivity contribution is -0.137. The summed E-state index contributed by atoms with van der Waals surface area (Å²) in [5, 5.41) is 8.90. The van der Waals surface area contributed by atoms with Crippen LogP contribution in [0.15, 0.2) is 0 Å². The number of rotatable bonds is 4. The van der Waals surface area contributed by atoms with Gasteiger partial charge in [-0.1, -0.05) is 13.3 Å². The second kappa shape index (κ2) is 5.13. The SMILES string of the molecule is CCCCN(C)C(=O)C(C)O. The van der Waals surface area contributed by atoms with Gasteiger partial charge in [0, 0.05) is 13.6 Å². The van der Waals surface area contributed by atoms with Crippen molar-refractivity contribution >= 4 is 5.91 Å². The Labute approximate surface area is 68.0 Å². The number of hydrogen-bond acceptors (Lipinski definition) is 2. The third kappa shape index (κ3) is 3.98. The summed E-state index contributed by atoms with van der Waals surface area (Å²) in [5.41, 5.74) is 0. The molecule has 0 rings (SSSR count). The van der Waals surface area contributed by atoms with Crippen molar-refractivity contribution < 1.29 is 9.90 Å². The highest BCUT2D eigenvalue weighted by Crippen LogP contribution is 1.95. The van der Waals surface area contributed by atoms with Crippen molar-refractivity contribution in [2.24, 2.45) is 0 Å². The lowest BCUT2D eigenvalue weighted by Crippen LogP contribution is -2.35. The summed E-state index contributed by atoms with van der Waals surface area (Å²) in [6.45, 7) is 4.30. The highest BCUT2D eigenvalue weighted by Gasteiger charge is 2.12. The van der Waals surface area contributed by atoms with Gasteiger partial charge in [0.1, 0.15) is 6.10 Å². The van der Waals surface area contributed by atoms with Crippen LogP contribution in [0.4, 0.5) is 0 Å². The van der Waals surface area contributed by atoms with Gasteiger partial charge in [0.15, 0.2) is 0 Å². The topological polar surface area (TPSA) is 40.5 Å². The van der Waals surface area contributed by atoms with E-state index in [1.54, 1.807) is 11.9 Å². The van der Waals surface area contributed by atoms with Crippen LogP contribution in [-0.4, -0.2) is 35.6 Å². The number of unbranched alkanes of at least 4 members (excludes halogenated alkanes) is 1. The van der Waals surface area contributed by atoms with Gasteiger partial charge < -0.3 is 10.0 Å². The predicted octanol–water partition coefficient (Wildman–Crippen LogP) is 0.626. The van der Waals surface area contributed by atoms with Crippen molar-refractivity contribution in [3.63, 3.8) is 0 Å². The maximum Gasteiger partial charge on any atom is 0.250 e. The first kappa shape index (κ1) is 10.4. The van der Waals surface area contributed by atoms with Crippen LogP contribution in [0, 0.1) is 0 Å². The van der Waals surface area contributed by atoms with E-state index in [1.807, 2.05) is 0 Å². The zero-order valence-electron chi connectivity index (χ0n) is 7.50. The van der Waals surface area contributed by atoms with E-state index in [-0.39, 0.29) is 5.91 Å². The zero-order chi connectivity index (χ0) is 8.85. The summed E-state index contributed by atoms with van der Waals surface area (Å²) in [6, 6.07) is 0. The van der Waals surface area contributed by atoms with Crippen LogP contribution in [-0.2, 0) is 4.79 Å². The molecule has 1 unspecified atom stereocenters. The van der Waals surface area contributed by atoms with Crippen molar-refractivity contribution in [1.82, 2.24) is 4.90 Å². The lowest BCUT2D eigenvalue weighted by atomic mass is 10.3. The fourth-order valence-corrected chi connectivity index (χ4v) is 0.824. The third-order valence-corrected chi connectivity index (χ3v) is 1.58. The molecular formula is C8H17NO2. The summed E-state index contributed by atoms with van der Waals surface area (Å²) in [6.07, 6.45) is 1.20. The highest BCUT2D eigenvalue weighted by molar-refractivity contribution is 5.79. The first-order valence-corrected chi connectivity index (χ1v) is 4.02. The summed E-state index contributed by atoms with van der Waals surface area (Å²) < 4.78 is 0. The van der Waals surface area contributed by atoms with Crippen LogP contribution in [0.5, 0.6) is 0 Å². The molecule has 0 aromatic carbocycles. The molecule has 0 heterocycles. The molecule has 0 saturated carbocycles. The van der Waals surface area contributed by atoms with Crippen LogP contribution in [0.3, 0.4) is 0 Å². The minimum Gasteiger partial charge on any atom is -0.384 e. The van der Waals surface area contributed by atoms with Crippen molar-refractivity contribution in [3.8, 4) is 0 Å². The number of aliphatic hydroxyl groups excluding tert-OH is 1. The van der Waals surface area contributed by atoms with Gasteiger partial charge in [-0.2, -0.15) is 0 Å². The Morgan fingerprint density at radius 1 is 1.64 bits per heavy atom. The predicted molar refractivity (Wildman–Crippen MR) is 44.2 cm³/mol. The normalized spacial score (nSPS) is 12.7. The van der Waals surface area contributed by atoms with Gasteiger partial charge in [-0.3, -0.25) is 4.79 Å². The smallest absolute Gasteiger partial charge is 0.250 e. The molecule has 0 aliphatic carbocycles. The van der Waals surface area contributed by atoms with Crippen LogP contribution < -0.4 is 0 Å². The van der Waals surface area contributed by atoms with Gasteiger partial charge in [-0.25, -0.2) is 0 Å². The fourth-order valence-electron chi connectivity index (χ4n) is 0.824. The molecule has 1 amide bonds. The van der Waals surface area contributed by atoms with E-state index in [9.17, 15) is 4.79 Å². The Morgan fingerprint density at radius 3 is 2.55 bits per heavy atom. The van der Waals surface area contributed by atoms with Crippen molar-refractivity contribution in [3.05, 3.63) is 0 Å². The van der Waals surface area contributed by atoms with E-state index >= 15 is 0 Å². The van der Waals surface area contributed by atoms with Crippen LogP contribution >= 0.6 is 0 Å². The molecule has 66 valence electrons. The number of carbonyl (C=O) groups is 1. The number of amides is 1. The van der Waals surface area contributed by atoms with Crippen LogP contribution in [0.25, 0.3) is 0 Å². The standard InChI is InChI=1S/C8H17NO2/c1-4-5-6-9(3)8(11)7(2)10/h7,10H,4-6H2,1-3H3. The fraction of sp³-hybridized carbons (Fsp3) is 0.875. The number of aliphatic hydroxyl groups is 1. The molecule has 0 aromatic heterocycles. The van der Waals surface area contributed by atoms with Crippen LogP contribution in [0.2, 0.25) is 0 Å². The van der Waals surface area contributed by atoms with Gasteiger partial charge >= 0.3 is 0 Å². The van der Waals surface area contributed by atoms with Gasteiger partial charge in [0.25, 0.3) is 5.91 Å². The van der Waals surface area contributed by atoms with E-state index in [1.165, 1.54) is 6.92 Å². The van der Waals surface area contributed by atoms with E-state index < -0.39 is 6.10 Å². The van der Waals surface area contributed by atoms with E-state index in [2.05, 4.69) is 6.92 Å². The van der Waals surface area contributed by atoms with Crippen molar-refractivity contribution in [2.45, 2.75) is 32.8 Å². The summed E-state index contributed by atoms with van der Waals surface area (Å²) in [5.74, 6) is -0.196. The van der Waals surface area contributed by atoms with Gasteiger partial charge in [0.2, 0.25) is 0 Å². The third-order valence-electron chi connectivity index (χ3n) is 1.58. The van der Waals surface area contributed by atoms with E-state index in [0.29, 0.717) is 0 Å². The molecule has 11 heavy (non-hydrogen) atoms. The lowest BCUT2D eigenvalue weighted by Gasteiger charge is -2.17. The first-order chi connectivity index (χ1) is 5.09. The molecule has 0 aliphatic rings. The van der Waals surface area contributed by atoms with Crippen LogP contribution in [0.1, 0.15) is 26.7 Å². The van der Waals surface area contributed by atoms with Gasteiger partial charge in [0.05, 0.1) is 0 Å². The minimum absolute atomic E-state index is 0.196. The Balaban J connectivity index is 3.64. The Hall–Kier alpha value is -0.570. The van der Waals surface area contributed by atoms with E-state index in [4.69, 9.17) is 5.11 Å². The molecule has 0 saturated heterocycles. The number of likely N-dealkylation sites (N-methyl/N-ethyl adjacent to an activating group) is 1. The molecule has 1 N–H and O–H groups in total. The summed E-state index contributed by atoms with van der Waals surface area (Å²) in [7, 11) is 1.71. The van der Waals surface area contributed by atoms with E-state index in [0.717, 1.165) is 19.4 Å². The quantitative estimate of drug-likeness (QED) is 0.653. The average molecular weight is 159 g/mol. The Morgan fingerprint density at radius 2 is 2.18 bits per heavy atom. The highest BCUT2D eigenvalue weighted by atomic mass is 16.3. The molecule has 3 nitrogen and oxygen atoms in total. The molecule has 0 aliphatic heterocycles. The first-order valence-electron chi connectivity index (χ1n) is 4.02. The molecule has 0 bridgehead atoms. The maximum absolute atomic E-state index is 11.0. The Bertz CT molecular complexity index is 123. The molecule has 1 atom stereocenters. The maximum atomic E-state index is 11.0. The molecule has 3 heteroatoms. The molecular weight excluding hydrogens is 142 g/mol. The van der Waals surface area contributed by atoms with Gasteiger partial charge in [-0.15, -0.1) is 0 Å². The number of nitrogens with zero attached hydrogens (tertiary/aromatic N) is 1. The molecule has 0 aromatic rings. The largest absolute Gasteiger partial charge is 0.384 e. The minimum atomic E-state index is -0.864.